The summed E-state index contributed by atoms with van der Waals surface area (Å²) in [6.07, 6.45) is 4.10. The van der Waals surface area contributed by atoms with Gasteiger partial charge in [0.25, 0.3) is 0 Å². The smallest absolute Gasteiger partial charge is 0.356 e. The van der Waals surface area contributed by atoms with E-state index in [-0.39, 0.29) is 5.30 Å². The third-order valence-electron chi connectivity index (χ3n) is 2.67. The molecule has 106 valence electrons. The molecule has 0 saturated heterocycles. The minimum absolute atomic E-state index is 0.105. The van der Waals surface area contributed by atoms with Crippen LogP contribution in [0.1, 0.15) is 43.0 Å². The lowest BCUT2D eigenvalue weighted by Gasteiger charge is -2.06. The van der Waals surface area contributed by atoms with E-state index in [2.05, 4.69) is 6.92 Å². The Bertz CT molecular complexity index is 449. The van der Waals surface area contributed by atoms with Crippen molar-refractivity contribution >= 4 is 18.9 Å². The van der Waals surface area contributed by atoms with Gasteiger partial charge in [0.05, 0.1) is 17.5 Å². The van der Waals surface area contributed by atoms with Crippen molar-refractivity contribution in [3.63, 3.8) is 0 Å². The SMILES string of the molecule is CCCCCCOC(=O)c1ccc(P(=O)(O)O)cc1. The molecule has 0 heterocycles. The van der Waals surface area contributed by atoms with E-state index in [1.807, 2.05) is 0 Å². The van der Waals surface area contributed by atoms with Gasteiger partial charge in [0.15, 0.2) is 0 Å². The number of carbonyl (C=O) groups is 1. The lowest BCUT2D eigenvalue weighted by atomic mass is 10.2. The summed E-state index contributed by atoms with van der Waals surface area (Å²) >= 11 is 0. The Morgan fingerprint density at radius 1 is 1.16 bits per heavy atom. The van der Waals surface area contributed by atoms with E-state index in [1.54, 1.807) is 0 Å². The average Bonchev–Trinajstić information content (AvgIpc) is 2.37. The molecule has 6 heteroatoms. The van der Waals surface area contributed by atoms with E-state index in [1.165, 1.54) is 24.3 Å². The summed E-state index contributed by atoms with van der Waals surface area (Å²) in [6, 6.07) is 5.22. The zero-order valence-electron chi connectivity index (χ0n) is 10.9. The molecule has 0 aliphatic rings. The summed E-state index contributed by atoms with van der Waals surface area (Å²) in [7, 11) is -4.25. The van der Waals surface area contributed by atoms with Gasteiger partial charge < -0.3 is 14.5 Å². The predicted molar refractivity (Wildman–Crippen MR) is 72.5 cm³/mol. The summed E-state index contributed by atoms with van der Waals surface area (Å²) in [6.45, 7) is 2.48. The summed E-state index contributed by atoms with van der Waals surface area (Å²) < 4.78 is 16.0. The van der Waals surface area contributed by atoms with Gasteiger partial charge in [-0.1, -0.05) is 26.2 Å². The molecule has 0 fully saturated rings. The Kier molecular flexibility index (Phi) is 6.22. The number of rotatable bonds is 7. The first-order chi connectivity index (χ1) is 8.95. The monoisotopic (exact) mass is 286 g/mol. The number of hydrogen-bond acceptors (Lipinski definition) is 3. The van der Waals surface area contributed by atoms with Crippen LogP contribution in [0.3, 0.4) is 0 Å². The number of benzene rings is 1. The Balaban J connectivity index is 2.47. The lowest BCUT2D eigenvalue weighted by Crippen LogP contribution is -2.09. The van der Waals surface area contributed by atoms with Gasteiger partial charge >= 0.3 is 13.6 Å². The molecule has 0 amide bonds. The van der Waals surface area contributed by atoms with E-state index < -0.39 is 13.6 Å². The first-order valence-electron chi connectivity index (χ1n) is 6.28. The van der Waals surface area contributed by atoms with E-state index >= 15 is 0 Å². The van der Waals surface area contributed by atoms with Gasteiger partial charge in [-0.25, -0.2) is 4.79 Å². The van der Waals surface area contributed by atoms with Crippen LogP contribution < -0.4 is 5.30 Å². The number of esters is 1. The van der Waals surface area contributed by atoms with Crippen LogP contribution in [0.4, 0.5) is 0 Å². The highest BCUT2D eigenvalue weighted by Gasteiger charge is 2.17. The number of carbonyl (C=O) groups excluding carboxylic acids is 1. The number of hydrogen-bond donors (Lipinski definition) is 2. The highest BCUT2D eigenvalue weighted by molar-refractivity contribution is 7.60. The number of ether oxygens (including phenoxy) is 1. The molecular formula is C13H19O5P. The van der Waals surface area contributed by atoms with Gasteiger partial charge in [-0.3, -0.25) is 4.57 Å². The summed E-state index contributed by atoms with van der Waals surface area (Å²) in [5, 5.41) is -0.105. The minimum atomic E-state index is -4.25. The third kappa shape index (κ3) is 5.55. The van der Waals surface area contributed by atoms with Crippen LogP contribution in [0, 0.1) is 0 Å². The first kappa shape index (κ1) is 15.9. The predicted octanol–water partition coefficient (Wildman–Crippen LogP) is 2.23. The van der Waals surface area contributed by atoms with Gasteiger partial charge in [0, 0.05) is 0 Å². The maximum atomic E-state index is 11.6. The number of unbranched alkanes of at least 4 members (excludes halogenated alkanes) is 3. The van der Waals surface area contributed by atoms with E-state index in [0.29, 0.717) is 12.2 Å². The van der Waals surface area contributed by atoms with Crippen molar-refractivity contribution in [2.75, 3.05) is 6.61 Å². The van der Waals surface area contributed by atoms with Crippen LogP contribution in [0.5, 0.6) is 0 Å². The molecule has 1 rings (SSSR count). The van der Waals surface area contributed by atoms with Crippen LogP contribution >= 0.6 is 7.60 Å². The molecule has 1 aromatic carbocycles. The average molecular weight is 286 g/mol. The van der Waals surface area contributed by atoms with Crippen molar-refractivity contribution < 1.29 is 23.9 Å². The minimum Gasteiger partial charge on any atom is -0.462 e. The lowest BCUT2D eigenvalue weighted by molar-refractivity contribution is 0.0498. The van der Waals surface area contributed by atoms with E-state index in [9.17, 15) is 9.36 Å². The van der Waals surface area contributed by atoms with Crippen LogP contribution in [0.15, 0.2) is 24.3 Å². The van der Waals surface area contributed by atoms with Crippen LogP contribution in [-0.2, 0) is 9.30 Å². The molecule has 0 atom stereocenters. The summed E-state index contributed by atoms with van der Waals surface area (Å²) in [5.74, 6) is -0.464. The van der Waals surface area contributed by atoms with Gasteiger partial charge in [0.2, 0.25) is 0 Å². The maximum absolute atomic E-state index is 11.6. The zero-order valence-corrected chi connectivity index (χ0v) is 11.8. The second-order valence-corrected chi connectivity index (χ2v) is 5.89. The molecule has 0 bridgehead atoms. The molecule has 0 radical (unpaired) electrons. The summed E-state index contributed by atoms with van der Waals surface area (Å²) in [4.78, 5) is 29.5. The Morgan fingerprint density at radius 3 is 2.32 bits per heavy atom. The standard InChI is InChI=1S/C13H19O5P/c1-2-3-4-5-10-18-13(14)11-6-8-12(9-7-11)19(15,16)17/h6-9H,2-5,10H2,1H3,(H2,15,16,17). The fourth-order valence-corrected chi connectivity index (χ4v) is 2.11. The van der Waals surface area contributed by atoms with E-state index in [4.69, 9.17) is 14.5 Å². The molecule has 0 saturated carbocycles. The molecule has 0 spiro atoms. The fraction of sp³-hybridized carbons (Fsp3) is 0.462. The van der Waals surface area contributed by atoms with Crippen molar-refractivity contribution in [3.8, 4) is 0 Å². The fourth-order valence-electron chi connectivity index (χ4n) is 1.57. The maximum Gasteiger partial charge on any atom is 0.356 e. The summed E-state index contributed by atoms with van der Waals surface area (Å²) in [5.41, 5.74) is 0.299. The molecule has 0 aliphatic heterocycles. The largest absolute Gasteiger partial charge is 0.462 e. The van der Waals surface area contributed by atoms with Gasteiger partial charge in [-0.2, -0.15) is 0 Å². The first-order valence-corrected chi connectivity index (χ1v) is 7.89. The molecular weight excluding hydrogens is 267 g/mol. The van der Waals surface area contributed by atoms with E-state index in [0.717, 1.165) is 25.7 Å². The normalized spacial score (nSPS) is 11.3. The molecule has 0 unspecified atom stereocenters. The quantitative estimate of drug-likeness (QED) is 0.456. The zero-order chi connectivity index (χ0) is 14.3. The van der Waals surface area contributed by atoms with Crippen molar-refractivity contribution in [1.29, 1.82) is 0 Å². The molecule has 19 heavy (non-hydrogen) atoms. The van der Waals surface area contributed by atoms with Crippen LogP contribution in [-0.4, -0.2) is 22.4 Å². The Hall–Kier alpha value is -1.16. The molecule has 1 aromatic rings. The topological polar surface area (TPSA) is 83.8 Å². The van der Waals surface area contributed by atoms with Crippen molar-refractivity contribution in [2.45, 2.75) is 32.6 Å². The van der Waals surface area contributed by atoms with Gasteiger partial charge in [-0.05, 0) is 30.7 Å². The van der Waals surface area contributed by atoms with Crippen LogP contribution in [0.25, 0.3) is 0 Å². The molecule has 2 N–H and O–H groups in total. The second kappa shape index (κ2) is 7.43. The van der Waals surface area contributed by atoms with Crippen molar-refractivity contribution in [1.82, 2.24) is 0 Å². The molecule has 0 aliphatic carbocycles. The van der Waals surface area contributed by atoms with Crippen molar-refractivity contribution in [2.24, 2.45) is 0 Å². The highest BCUT2D eigenvalue weighted by atomic mass is 31.2. The third-order valence-corrected chi connectivity index (χ3v) is 3.64. The van der Waals surface area contributed by atoms with Crippen molar-refractivity contribution in [3.05, 3.63) is 29.8 Å². The van der Waals surface area contributed by atoms with Crippen LogP contribution in [0.2, 0.25) is 0 Å². The van der Waals surface area contributed by atoms with Gasteiger partial charge in [0.1, 0.15) is 0 Å². The molecule has 0 aromatic heterocycles. The second-order valence-electron chi connectivity index (χ2n) is 4.29. The Morgan fingerprint density at radius 2 is 1.79 bits per heavy atom. The highest BCUT2D eigenvalue weighted by Crippen LogP contribution is 2.32. The Labute approximate surface area is 112 Å². The van der Waals surface area contributed by atoms with Gasteiger partial charge in [-0.15, -0.1) is 0 Å². The molecule has 5 nitrogen and oxygen atoms in total.